The predicted octanol–water partition coefficient (Wildman–Crippen LogP) is 3.84. The second-order valence-electron chi connectivity index (χ2n) is 4.58. The number of hydrogen-bond acceptors (Lipinski definition) is 0. The van der Waals surface area contributed by atoms with Crippen LogP contribution in [-0.2, 0) is 26.1 Å². The number of hydrogen-bond donors (Lipinski definition) is 0. The van der Waals surface area contributed by atoms with E-state index in [4.69, 9.17) is 0 Å². The van der Waals surface area contributed by atoms with Gasteiger partial charge in [0, 0.05) is 0 Å². The van der Waals surface area contributed by atoms with Gasteiger partial charge in [0.2, 0.25) is 0 Å². The van der Waals surface area contributed by atoms with Gasteiger partial charge in [-0.05, 0) is 0 Å². The summed E-state index contributed by atoms with van der Waals surface area (Å²) in [5.74, 6) is 1.95. The standard InChI is InChI=1S/C13H17.Hg/c1-10-3-6-12(7-4-10)13-8-5-11(2)9-13;/h3-4,6-7,11,13H,2,5,8-9H2,1H3;. The first kappa shape index (κ1) is 10.7. The van der Waals surface area contributed by atoms with Crippen molar-refractivity contribution >= 4 is 0 Å². The van der Waals surface area contributed by atoms with Gasteiger partial charge in [-0.25, -0.2) is 0 Å². The molecule has 0 radical (unpaired) electrons. The van der Waals surface area contributed by atoms with E-state index in [1.165, 1.54) is 24.8 Å². The average Bonchev–Trinajstić information content (AvgIpc) is 2.67. The maximum atomic E-state index is 2.33. The SMILES string of the molecule is Cc1ccc(C2CCC([CH2][Hg])C2)cc1. The molecule has 0 aromatic heterocycles. The molecular weight excluding hydrogens is 357 g/mol. The normalized spacial score (nSPS) is 26.8. The molecule has 0 aliphatic heterocycles. The van der Waals surface area contributed by atoms with Crippen LogP contribution in [0.4, 0.5) is 0 Å². The molecule has 2 atom stereocenters. The summed E-state index contributed by atoms with van der Waals surface area (Å²) in [5, 5.41) is 0. The molecule has 0 heterocycles. The summed E-state index contributed by atoms with van der Waals surface area (Å²) in [6.45, 7) is 2.17. The molecule has 1 fully saturated rings. The second-order valence-corrected chi connectivity index (χ2v) is 6.82. The van der Waals surface area contributed by atoms with Crippen LogP contribution in [0.15, 0.2) is 24.3 Å². The van der Waals surface area contributed by atoms with Crippen LogP contribution in [-0.4, -0.2) is 0 Å². The van der Waals surface area contributed by atoms with Crippen LogP contribution in [0.2, 0.25) is 3.93 Å². The quantitative estimate of drug-likeness (QED) is 0.691. The van der Waals surface area contributed by atoms with E-state index < -0.39 is 0 Å². The van der Waals surface area contributed by atoms with Crippen LogP contribution in [0.1, 0.15) is 36.3 Å². The van der Waals surface area contributed by atoms with E-state index in [1.807, 2.05) is 0 Å². The van der Waals surface area contributed by atoms with Gasteiger partial charge in [0.05, 0.1) is 0 Å². The Balaban J connectivity index is 2.06. The molecule has 1 aliphatic rings. The first-order valence-electron chi connectivity index (χ1n) is 5.65. The second kappa shape index (κ2) is 4.78. The fourth-order valence-electron chi connectivity index (χ4n) is 2.48. The van der Waals surface area contributed by atoms with Crippen molar-refractivity contribution in [3.63, 3.8) is 0 Å². The van der Waals surface area contributed by atoms with Crippen LogP contribution in [0.3, 0.4) is 0 Å². The Labute approximate surface area is 103 Å². The fraction of sp³-hybridized carbons (Fsp3) is 0.538. The molecular formula is C13H17Hg. The summed E-state index contributed by atoms with van der Waals surface area (Å²) in [6.07, 6.45) is 4.39. The van der Waals surface area contributed by atoms with Gasteiger partial charge in [-0.3, -0.25) is 0 Å². The summed E-state index contributed by atoms with van der Waals surface area (Å²) in [6, 6.07) is 9.18. The van der Waals surface area contributed by atoms with Crippen LogP contribution in [0.5, 0.6) is 0 Å². The Kier molecular flexibility index (Phi) is 3.64. The van der Waals surface area contributed by atoms with Gasteiger partial charge in [-0.1, -0.05) is 0 Å². The van der Waals surface area contributed by atoms with Gasteiger partial charge >= 0.3 is 103 Å². The summed E-state index contributed by atoms with van der Waals surface area (Å²) in [5.41, 5.74) is 2.97. The van der Waals surface area contributed by atoms with E-state index in [0.29, 0.717) is 0 Å². The zero-order valence-corrected chi connectivity index (χ0v) is 14.5. The van der Waals surface area contributed by atoms with E-state index in [1.54, 1.807) is 9.49 Å². The molecule has 1 aromatic rings. The molecule has 2 rings (SSSR count). The van der Waals surface area contributed by atoms with E-state index in [2.05, 4.69) is 31.2 Å². The Morgan fingerprint density at radius 2 is 1.93 bits per heavy atom. The summed E-state index contributed by atoms with van der Waals surface area (Å²) >= 11 is 1.01. The molecule has 0 saturated heterocycles. The average molecular weight is 374 g/mol. The van der Waals surface area contributed by atoms with Gasteiger partial charge in [0.25, 0.3) is 0 Å². The van der Waals surface area contributed by atoms with Crippen molar-refractivity contribution < 1.29 is 26.1 Å². The zero-order chi connectivity index (χ0) is 9.97. The first-order chi connectivity index (χ1) is 6.79. The molecule has 1 heteroatoms. The molecule has 0 nitrogen and oxygen atoms in total. The molecule has 0 spiro atoms. The van der Waals surface area contributed by atoms with E-state index in [0.717, 1.165) is 38.0 Å². The molecule has 0 N–H and O–H groups in total. The van der Waals surface area contributed by atoms with Gasteiger partial charge in [-0.15, -0.1) is 0 Å². The Morgan fingerprint density at radius 1 is 1.21 bits per heavy atom. The van der Waals surface area contributed by atoms with Crippen molar-refractivity contribution in [2.75, 3.05) is 0 Å². The van der Waals surface area contributed by atoms with Gasteiger partial charge in [-0.2, -0.15) is 0 Å². The minimum absolute atomic E-state index is 0.879. The topological polar surface area (TPSA) is 0 Å². The van der Waals surface area contributed by atoms with Crippen molar-refractivity contribution in [1.82, 2.24) is 0 Å². The maximum absolute atomic E-state index is 2.33. The van der Waals surface area contributed by atoms with Crippen LogP contribution < -0.4 is 0 Å². The molecule has 0 amide bonds. The van der Waals surface area contributed by atoms with Gasteiger partial charge in [0.15, 0.2) is 0 Å². The van der Waals surface area contributed by atoms with E-state index in [9.17, 15) is 0 Å². The first-order valence-corrected chi connectivity index (χ1v) is 9.54. The number of benzene rings is 1. The van der Waals surface area contributed by atoms with Gasteiger partial charge in [0.1, 0.15) is 0 Å². The number of rotatable bonds is 2. The summed E-state index contributed by atoms with van der Waals surface area (Å²) in [7, 11) is 0. The van der Waals surface area contributed by atoms with Crippen molar-refractivity contribution in [3.05, 3.63) is 35.4 Å². The molecule has 71 valence electrons. The van der Waals surface area contributed by atoms with Crippen molar-refractivity contribution in [2.24, 2.45) is 5.92 Å². The van der Waals surface area contributed by atoms with Gasteiger partial charge < -0.3 is 0 Å². The van der Waals surface area contributed by atoms with Crippen LogP contribution in [0, 0.1) is 12.8 Å². The number of aryl methyl sites for hydroxylation is 1. The third kappa shape index (κ3) is 2.39. The van der Waals surface area contributed by atoms with Crippen LogP contribution >= 0.6 is 0 Å². The fourth-order valence-corrected chi connectivity index (χ4v) is 4.52. The third-order valence-corrected chi connectivity index (χ3v) is 6.67. The molecule has 1 aromatic carbocycles. The molecule has 0 bridgehead atoms. The van der Waals surface area contributed by atoms with Crippen molar-refractivity contribution in [1.29, 1.82) is 0 Å². The Morgan fingerprint density at radius 3 is 2.50 bits per heavy atom. The van der Waals surface area contributed by atoms with E-state index >= 15 is 0 Å². The summed E-state index contributed by atoms with van der Waals surface area (Å²) in [4.78, 5) is 0. The van der Waals surface area contributed by atoms with Crippen molar-refractivity contribution in [2.45, 2.75) is 36.0 Å². The molecule has 14 heavy (non-hydrogen) atoms. The van der Waals surface area contributed by atoms with Crippen LogP contribution in [0.25, 0.3) is 0 Å². The Hall–Kier alpha value is 0.155. The third-order valence-electron chi connectivity index (χ3n) is 3.50. The van der Waals surface area contributed by atoms with Crippen molar-refractivity contribution in [3.8, 4) is 0 Å². The predicted molar refractivity (Wildman–Crippen MR) is 56.1 cm³/mol. The summed E-state index contributed by atoms with van der Waals surface area (Å²) < 4.78 is 1.56. The monoisotopic (exact) mass is 375 g/mol. The minimum atomic E-state index is 0.879. The molecule has 1 aliphatic carbocycles. The Bertz CT molecular complexity index is 289. The molecule has 1 saturated carbocycles. The zero-order valence-electron chi connectivity index (χ0n) is 9.00. The molecule has 2 unspecified atom stereocenters. The van der Waals surface area contributed by atoms with E-state index in [-0.39, 0.29) is 0 Å².